The summed E-state index contributed by atoms with van der Waals surface area (Å²) in [7, 11) is 0. The highest BCUT2D eigenvalue weighted by molar-refractivity contribution is 4.98. The first-order valence-corrected chi connectivity index (χ1v) is 2.69. The molecular formula is C5H8N2O4. The monoisotopic (exact) mass is 160 g/mol. The van der Waals surface area contributed by atoms with Crippen molar-refractivity contribution in [1.29, 1.82) is 0 Å². The number of H-pyrrole nitrogens is 2. The van der Waals surface area contributed by atoms with E-state index in [2.05, 4.69) is 9.97 Å². The summed E-state index contributed by atoms with van der Waals surface area (Å²) in [5, 5.41) is 12.0. The van der Waals surface area contributed by atoms with Crippen molar-refractivity contribution in [3.63, 3.8) is 0 Å². The summed E-state index contributed by atoms with van der Waals surface area (Å²) < 4.78 is 0. The van der Waals surface area contributed by atoms with Crippen molar-refractivity contribution in [2.75, 3.05) is 0 Å². The highest BCUT2D eigenvalue weighted by atomic mass is 17.0. The Bertz CT molecular complexity index is 313. The minimum absolute atomic E-state index is 0.334. The number of hydrogen-bond donors (Lipinski definition) is 4. The molecular weight excluding hydrogens is 152 g/mol. The van der Waals surface area contributed by atoms with Crippen molar-refractivity contribution in [1.82, 2.24) is 9.97 Å². The van der Waals surface area contributed by atoms with Gasteiger partial charge in [-0.1, -0.05) is 0 Å². The van der Waals surface area contributed by atoms with Gasteiger partial charge in [-0.25, -0.2) is 4.79 Å². The van der Waals surface area contributed by atoms with E-state index < -0.39 is 5.69 Å². The molecule has 6 heteroatoms. The molecule has 0 saturated carbocycles. The molecule has 62 valence electrons. The summed E-state index contributed by atoms with van der Waals surface area (Å²) in [6.07, 6.45) is 1.38. The molecule has 1 aromatic rings. The van der Waals surface area contributed by atoms with Crippen LogP contribution in [0.3, 0.4) is 0 Å². The summed E-state index contributed by atoms with van der Waals surface area (Å²) >= 11 is 0. The standard InChI is InChI=1S/C5H6N2O2.H2O2/c1-3-2-6-5(9)7-4(3)8;1-2/h2H,1H3,(H2,6,7,8,9);1-2H. The number of aromatic amines is 2. The number of aryl methyl sites for hydroxylation is 1. The van der Waals surface area contributed by atoms with Crippen molar-refractivity contribution >= 4 is 0 Å². The van der Waals surface area contributed by atoms with Gasteiger partial charge in [-0.3, -0.25) is 20.3 Å². The highest BCUT2D eigenvalue weighted by Gasteiger charge is 1.88. The molecule has 0 fully saturated rings. The quantitative estimate of drug-likeness (QED) is 0.300. The van der Waals surface area contributed by atoms with E-state index in [4.69, 9.17) is 10.5 Å². The van der Waals surface area contributed by atoms with Gasteiger partial charge in [-0.15, -0.1) is 0 Å². The minimum Gasteiger partial charge on any atom is -0.314 e. The molecule has 0 aliphatic heterocycles. The zero-order valence-electron chi connectivity index (χ0n) is 5.79. The fraction of sp³-hybridized carbons (Fsp3) is 0.200. The Kier molecular flexibility index (Phi) is 3.86. The molecule has 0 atom stereocenters. The van der Waals surface area contributed by atoms with Crippen molar-refractivity contribution in [3.8, 4) is 0 Å². The molecule has 1 rings (SSSR count). The predicted octanol–water partition coefficient (Wildman–Crippen LogP) is -0.611. The fourth-order valence-corrected chi connectivity index (χ4v) is 0.477. The van der Waals surface area contributed by atoms with Crippen LogP contribution in [0.4, 0.5) is 0 Å². The molecule has 0 aliphatic carbocycles. The van der Waals surface area contributed by atoms with Gasteiger partial charge in [0.05, 0.1) is 0 Å². The largest absolute Gasteiger partial charge is 0.325 e. The molecule has 0 saturated heterocycles. The van der Waals surface area contributed by atoms with Crippen LogP contribution < -0.4 is 11.2 Å². The third kappa shape index (κ3) is 2.78. The Hall–Kier alpha value is -1.40. The van der Waals surface area contributed by atoms with Crippen LogP contribution in [0.5, 0.6) is 0 Å². The molecule has 0 radical (unpaired) electrons. The molecule has 1 aromatic heterocycles. The second-order valence-electron chi connectivity index (χ2n) is 1.75. The van der Waals surface area contributed by atoms with Crippen LogP contribution in [0.15, 0.2) is 15.8 Å². The lowest BCUT2D eigenvalue weighted by molar-refractivity contribution is -0.176. The van der Waals surface area contributed by atoms with Crippen LogP contribution in [-0.2, 0) is 0 Å². The molecule has 0 aromatic carbocycles. The Morgan fingerprint density at radius 1 is 1.36 bits per heavy atom. The number of rotatable bonds is 0. The van der Waals surface area contributed by atoms with Crippen LogP contribution in [0.2, 0.25) is 0 Å². The van der Waals surface area contributed by atoms with E-state index in [1.807, 2.05) is 0 Å². The van der Waals surface area contributed by atoms with Crippen molar-refractivity contribution in [2.45, 2.75) is 6.92 Å². The summed E-state index contributed by atoms with van der Waals surface area (Å²) in [5.41, 5.74) is -0.293. The van der Waals surface area contributed by atoms with E-state index in [0.717, 1.165) is 0 Å². The summed E-state index contributed by atoms with van der Waals surface area (Å²) in [5.74, 6) is 0. The van der Waals surface area contributed by atoms with E-state index in [1.54, 1.807) is 6.92 Å². The van der Waals surface area contributed by atoms with Gasteiger partial charge in [-0.05, 0) is 6.92 Å². The maximum absolute atomic E-state index is 10.6. The molecule has 0 spiro atoms. The Morgan fingerprint density at radius 2 is 1.91 bits per heavy atom. The van der Waals surface area contributed by atoms with Gasteiger partial charge in [0, 0.05) is 11.8 Å². The average molecular weight is 160 g/mol. The molecule has 0 aliphatic rings. The summed E-state index contributed by atoms with van der Waals surface area (Å²) in [6.45, 7) is 1.62. The molecule has 0 unspecified atom stereocenters. The van der Waals surface area contributed by atoms with Crippen molar-refractivity contribution in [3.05, 3.63) is 32.6 Å². The van der Waals surface area contributed by atoms with Crippen molar-refractivity contribution < 1.29 is 10.5 Å². The van der Waals surface area contributed by atoms with Gasteiger partial charge in [0.2, 0.25) is 0 Å². The smallest absolute Gasteiger partial charge is 0.314 e. The zero-order chi connectivity index (χ0) is 8.85. The SMILES string of the molecule is Cc1c[nH]c(=O)[nH]c1=O.OO. The van der Waals surface area contributed by atoms with E-state index in [0.29, 0.717) is 5.56 Å². The molecule has 11 heavy (non-hydrogen) atoms. The Balaban J connectivity index is 0.000000461. The minimum atomic E-state index is -0.467. The van der Waals surface area contributed by atoms with E-state index in [-0.39, 0.29) is 5.56 Å². The summed E-state index contributed by atoms with van der Waals surface area (Å²) in [6, 6.07) is 0. The Morgan fingerprint density at radius 3 is 2.27 bits per heavy atom. The molecule has 6 nitrogen and oxygen atoms in total. The van der Waals surface area contributed by atoms with Gasteiger partial charge in [0.15, 0.2) is 0 Å². The van der Waals surface area contributed by atoms with Gasteiger partial charge >= 0.3 is 5.69 Å². The van der Waals surface area contributed by atoms with Crippen molar-refractivity contribution in [2.24, 2.45) is 0 Å². The van der Waals surface area contributed by atoms with Crippen LogP contribution >= 0.6 is 0 Å². The van der Waals surface area contributed by atoms with E-state index in [1.165, 1.54) is 6.20 Å². The number of nitrogens with one attached hydrogen (secondary N) is 2. The third-order valence-corrected chi connectivity index (χ3v) is 1.00. The Labute approximate surface area is 61.1 Å². The normalized spacial score (nSPS) is 8.27. The topological polar surface area (TPSA) is 106 Å². The van der Waals surface area contributed by atoms with Crippen LogP contribution in [-0.4, -0.2) is 20.5 Å². The highest BCUT2D eigenvalue weighted by Crippen LogP contribution is 1.73. The van der Waals surface area contributed by atoms with Gasteiger partial charge in [0.25, 0.3) is 5.56 Å². The zero-order valence-corrected chi connectivity index (χ0v) is 5.79. The van der Waals surface area contributed by atoms with Crippen LogP contribution in [0.1, 0.15) is 5.56 Å². The van der Waals surface area contributed by atoms with Crippen LogP contribution in [0, 0.1) is 6.92 Å². The lowest BCUT2D eigenvalue weighted by atomic mass is 10.4. The van der Waals surface area contributed by atoms with Gasteiger partial charge in [0.1, 0.15) is 0 Å². The second kappa shape index (κ2) is 4.42. The van der Waals surface area contributed by atoms with Gasteiger partial charge in [-0.2, -0.15) is 0 Å². The maximum atomic E-state index is 10.6. The first-order chi connectivity index (χ1) is 5.20. The molecule has 1 heterocycles. The average Bonchev–Trinajstić information content (AvgIpc) is 2.02. The summed E-state index contributed by atoms with van der Waals surface area (Å²) in [4.78, 5) is 25.3. The van der Waals surface area contributed by atoms with Crippen LogP contribution in [0.25, 0.3) is 0 Å². The van der Waals surface area contributed by atoms with E-state index >= 15 is 0 Å². The number of aromatic nitrogens is 2. The number of hydrogen-bond acceptors (Lipinski definition) is 4. The molecule has 4 N–H and O–H groups in total. The fourth-order valence-electron chi connectivity index (χ4n) is 0.477. The van der Waals surface area contributed by atoms with E-state index in [9.17, 15) is 9.59 Å². The molecule has 0 amide bonds. The molecule has 0 bridgehead atoms. The third-order valence-electron chi connectivity index (χ3n) is 1.00. The maximum Gasteiger partial charge on any atom is 0.325 e. The lowest BCUT2D eigenvalue weighted by Crippen LogP contribution is -2.22. The van der Waals surface area contributed by atoms with Gasteiger partial charge < -0.3 is 4.98 Å². The first kappa shape index (κ1) is 9.60. The first-order valence-electron chi connectivity index (χ1n) is 2.69. The predicted molar refractivity (Wildman–Crippen MR) is 37.7 cm³/mol. The lowest BCUT2D eigenvalue weighted by Gasteiger charge is -1.84. The second-order valence-corrected chi connectivity index (χ2v) is 1.75.